The molecule has 0 aliphatic heterocycles. The van der Waals surface area contributed by atoms with E-state index in [4.69, 9.17) is 4.98 Å². The first-order valence-electron chi connectivity index (χ1n) is 15.5. The summed E-state index contributed by atoms with van der Waals surface area (Å²) in [6, 6.07) is 59.0. The van der Waals surface area contributed by atoms with E-state index in [9.17, 15) is 0 Å². The van der Waals surface area contributed by atoms with E-state index in [-0.39, 0.29) is 0 Å². The number of thiophene rings is 1. The van der Waals surface area contributed by atoms with Crippen molar-refractivity contribution in [2.45, 2.75) is 0 Å². The highest BCUT2D eigenvalue weighted by Gasteiger charge is 2.20. The number of rotatable bonds is 5. The first-order chi connectivity index (χ1) is 22.8. The summed E-state index contributed by atoms with van der Waals surface area (Å²) in [6.45, 7) is 0. The van der Waals surface area contributed by atoms with Gasteiger partial charge in [0.15, 0.2) is 0 Å². The second-order valence-corrected chi connectivity index (χ2v) is 12.7. The van der Waals surface area contributed by atoms with Crippen molar-refractivity contribution in [3.63, 3.8) is 0 Å². The van der Waals surface area contributed by atoms with E-state index in [2.05, 4.69) is 163 Å². The Morgan fingerprint density at radius 2 is 1.09 bits per heavy atom. The van der Waals surface area contributed by atoms with Crippen LogP contribution in [0.15, 0.2) is 170 Å². The van der Waals surface area contributed by atoms with Crippen LogP contribution in [0.1, 0.15) is 0 Å². The second kappa shape index (κ2) is 11.0. The minimum absolute atomic E-state index is 1.06. The van der Waals surface area contributed by atoms with Gasteiger partial charge < -0.3 is 4.90 Å². The van der Waals surface area contributed by atoms with Crippen molar-refractivity contribution in [2.24, 2.45) is 0 Å². The number of benzene rings is 7. The Balaban J connectivity index is 1.22. The number of aromatic nitrogens is 1. The summed E-state index contributed by atoms with van der Waals surface area (Å²) in [4.78, 5) is 7.19. The molecule has 9 rings (SSSR count). The molecule has 9 aromatic rings. The molecule has 46 heavy (non-hydrogen) atoms. The second-order valence-electron chi connectivity index (χ2n) is 11.6. The predicted octanol–water partition coefficient (Wildman–Crippen LogP) is 12.6. The molecule has 0 saturated heterocycles. The Labute approximate surface area is 271 Å². The highest BCUT2D eigenvalue weighted by atomic mass is 32.1. The highest BCUT2D eigenvalue weighted by Crippen LogP contribution is 2.46. The van der Waals surface area contributed by atoms with Crippen molar-refractivity contribution in [2.75, 3.05) is 4.90 Å². The van der Waals surface area contributed by atoms with Gasteiger partial charge in [0.05, 0.1) is 15.9 Å². The van der Waals surface area contributed by atoms with Gasteiger partial charge >= 0.3 is 0 Å². The molecule has 0 fully saturated rings. The summed E-state index contributed by atoms with van der Waals surface area (Å²) < 4.78 is 2.48. The predicted molar refractivity (Wildman–Crippen MR) is 198 cm³/mol. The number of pyridine rings is 1. The normalized spacial score (nSPS) is 11.5. The fourth-order valence-electron chi connectivity index (χ4n) is 6.62. The van der Waals surface area contributed by atoms with Crippen molar-refractivity contribution < 1.29 is 0 Å². The van der Waals surface area contributed by atoms with Crippen LogP contribution in [0.3, 0.4) is 0 Å². The standard InChI is InChI=1S/C43H28N2S/c1-2-8-29(9-3-1)31-17-22-36(23-18-31)45(37-24-19-32(20-25-37)35-16-15-30-10-4-5-11-34(30)28-35)39-13-6-14-40-41(39)38-26-21-33-12-7-27-44-42(33)43(38)46-40/h1-28H. The maximum absolute atomic E-state index is 4.79. The number of anilines is 3. The third kappa shape index (κ3) is 4.52. The van der Waals surface area contributed by atoms with Crippen molar-refractivity contribution >= 4 is 70.2 Å². The molecule has 7 aromatic carbocycles. The molecule has 0 bridgehead atoms. The van der Waals surface area contributed by atoms with E-state index in [1.54, 1.807) is 0 Å². The van der Waals surface area contributed by atoms with Crippen molar-refractivity contribution in [3.05, 3.63) is 170 Å². The molecule has 0 amide bonds. The Bertz CT molecular complexity index is 2510. The van der Waals surface area contributed by atoms with Gasteiger partial charge in [-0.3, -0.25) is 4.98 Å². The quantitative estimate of drug-likeness (QED) is 0.194. The smallest absolute Gasteiger partial charge is 0.0880 e. The summed E-state index contributed by atoms with van der Waals surface area (Å²) in [5.41, 5.74) is 9.28. The molecule has 0 unspecified atom stereocenters. The van der Waals surface area contributed by atoms with Gasteiger partial charge in [-0.2, -0.15) is 0 Å². The first-order valence-corrected chi connectivity index (χ1v) is 16.4. The van der Waals surface area contributed by atoms with Crippen LogP contribution >= 0.6 is 11.3 Å². The van der Waals surface area contributed by atoms with Crippen LogP contribution in [0.25, 0.3) is 64.1 Å². The molecule has 0 saturated carbocycles. The summed E-state index contributed by atoms with van der Waals surface area (Å²) >= 11 is 1.82. The van der Waals surface area contributed by atoms with Gasteiger partial charge in [-0.15, -0.1) is 11.3 Å². The fraction of sp³-hybridized carbons (Fsp3) is 0. The molecule has 0 atom stereocenters. The SMILES string of the molecule is c1ccc(-c2ccc(N(c3ccc(-c4ccc5ccccc5c4)cc3)c3cccc4sc5c(ccc6cccnc65)c34)cc2)cc1. The van der Waals surface area contributed by atoms with Crippen LogP contribution in [0.4, 0.5) is 17.1 Å². The average molecular weight is 605 g/mol. The van der Waals surface area contributed by atoms with Gasteiger partial charge in [0.2, 0.25) is 0 Å². The number of hydrogen-bond acceptors (Lipinski definition) is 3. The van der Waals surface area contributed by atoms with Gasteiger partial charge in [0, 0.05) is 38.4 Å². The van der Waals surface area contributed by atoms with Crippen LogP contribution in [-0.2, 0) is 0 Å². The number of fused-ring (bicyclic) bond motifs is 6. The molecular formula is C43H28N2S. The summed E-state index contributed by atoms with van der Waals surface area (Å²) in [7, 11) is 0. The van der Waals surface area contributed by atoms with Crippen LogP contribution in [0, 0.1) is 0 Å². The van der Waals surface area contributed by atoms with Gasteiger partial charge in [-0.1, -0.05) is 115 Å². The lowest BCUT2D eigenvalue weighted by atomic mass is 10.0. The van der Waals surface area contributed by atoms with E-state index in [1.807, 2.05) is 23.6 Å². The Kier molecular flexibility index (Phi) is 6.36. The molecular weight excluding hydrogens is 577 g/mol. The third-order valence-electron chi connectivity index (χ3n) is 8.90. The lowest BCUT2D eigenvalue weighted by molar-refractivity contribution is 1.30. The molecule has 2 aromatic heterocycles. The minimum atomic E-state index is 1.06. The van der Waals surface area contributed by atoms with E-state index in [0.717, 1.165) is 22.6 Å². The molecule has 0 spiro atoms. The number of nitrogens with zero attached hydrogens (tertiary/aromatic N) is 2. The van der Waals surface area contributed by atoms with Gasteiger partial charge in [0.25, 0.3) is 0 Å². The third-order valence-corrected chi connectivity index (χ3v) is 10.1. The molecule has 0 aliphatic carbocycles. The monoisotopic (exact) mass is 604 g/mol. The van der Waals surface area contributed by atoms with Crippen LogP contribution in [0.5, 0.6) is 0 Å². The van der Waals surface area contributed by atoms with E-state index in [1.165, 1.54) is 58.6 Å². The molecule has 0 aliphatic rings. The summed E-state index contributed by atoms with van der Waals surface area (Å²) in [5.74, 6) is 0. The average Bonchev–Trinajstić information content (AvgIpc) is 3.53. The van der Waals surface area contributed by atoms with Gasteiger partial charge in [-0.05, 0) is 81.6 Å². The Morgan fingerprint density at radius 3 is 1.87 bits per heavy atom. The molecule has 2 heterocycles. The summed E-state index contributed by atoms with van der Waals surface area (Å²) in [6.07, 6.45) is 1.89. The lowest BCUT2D eigenvalue weighted by Crippen LogP contribution is -2.10. The largest absolute Gasteiger partial charge is 0.310 e. The summed E-state index contributed by atoms with van der Waals surface area (Å²) in [5, 5.41) is 6.16. The van der Waals surface area contributed by atoms with Crippen molar-refractivity contribution in [1.82, 2.24) is 4.98 Å². The van der Waals surface area contributed by atoms with Crippen molar-refractivity contribution in [1.29, 1.82) is 0 Å². The fourth-order valence-corrected chi connectivity index (χ4v) is 7.85. The van der Waals surface area contributed by atoms with Gasteiger partial charge in [-0.25, -0.2) is 0 Å². The number of hydrogen-bond donors (Lipinski definition) is 0. The minimum Gasteiger partial charge on any atom is -0.310 e. The Morgan fingerprint density at radius 1 is 0.457 bits per heavy atom. The van der Waals surface area contributed by atoms with Crippen molar-refractivity contribution in [3.8, 4) is 22.3 Å². The maximum atomic E-state index is 4.79. The van der Waals surface area contributed by atoms with E-state index in [0.29, 0.717) is 0 Å². The zero-order valence-electron chi connectivity index (χ0n) is 25.0. The van der Waals surface area contributed by atoms with Crippen LogP contribution in [0.2, 0.25) is 0 Å². The molecule has 2 nitrogen and oxygen atoms in total. The van der Waals surface area contributed by atoms with Crippen LogP contribution in [-0.4, -0.2) is 4.98 Å². The molecule has 216 valence electrons. The maximum Gasteiger partial charge on any atom is 0.0880 e. The molecule has 3 heteroatoms. The zero-order valence-corrected chi connectivity index (χ0v) is 25.8. The zero-order chi connectivity index (χ0) is 30.5. The lowest BCUT2D eigenvalue weighted by Gasteiger charge is -2.27. The van der Waals surface area contributed by atoms with Gasteiger partial charge in [0.1, 0.15) is 0 Å². The first kappa shape index (κ1) is 26.6. The molecule has 0 N–H and O–H groups in total. The van der Waals surface area contributed by atoms with E-state index < -0.39 is 0 Å². The topological polar surface area (TPSA) is 16.1 Å². The molecule has 0 radical (unpaired) electrons. The highest BCUT2D eigenvalue weighted by molar-refractivity contribution is 7.26. The Hall–Kier alpha value is -5.77. The van der Waals surface area contributed by atoms with E-state index >= 15 is 0 Å². The van der Waals surface area contributed by atoms with Crippen LogP contribution < -0.4 is 4.90 Å².